The highest BCUT2D eigenvalue weighted by Crippen LogP contribution is 2.30. The molecule has 0 spiro atoms. The maximum absolute atomic E-state index is 13.1. The van der Waals surface area contributed by atoms with Crippen LogP contribution in [0.2, 0.25) is 0 Å². The van der Waals surface area contributed by atoms with Crippen LogP contribution in [-0.4, -0.2) is 45.2 Å². The number of hydrogen-bond acceptors (Lipinski definition) is 4. The molecule has 1 heterocycles. The molecule has 1 N–H and O–H groups in total. The Morgan fingerprint density at radius 3 is 2.78 bits per heavy atom. The molecule has 0 aromatic heterocycles. The number of para-hydroxylation sites is 2. The quantitative estimate of drug-likeness (QED) is 0.813. The fourth-order valence-electron chi connectivity index (χ4n) is 3.24. The number of rotatable bonds is 7. The van der Waals surface area contributed by atoms with Crippen LogP contribution < -0.4 is 19.9 Å². The summed E-state index contributed by atoms with van der Waals surface area (Å²) in [5, 5.41) is 2.99. The van der Waals surface area contributed by atoms with Crippen LogP contribution in [0.15, 0.2) is 48.5 Å². The highest BCUT2D eigenvalue weighted by molar-refractivity contribution is 5.82. The highest BCUT2D eigenvalue weighted by atomic mass is 19.1. The molecule has 5 nitrogen and oxygen atoms in total. The van der Waals surface area contributed by atoms with E-state index in [1.807, 2.05) is 31.2 Å². The first kappa shape index (κ1) is 19.0. The molecular weight excluding hydrogens is 345 g/mol. The van der Waals surface area contributed by atoms with Gasteiger partial charge in [-0.15, -0.1) is 0 Å². The summed E-state index contributed by atoms with van der Waals surface area (Å²) in [4.78, 5) is 16.6. The van der Waals surface area contributed by atoms with E-state index in [0.29, 0.717) is 26.2 Å². The molecular formula is C21H26FN3O2. The van der Waals surface area contributed by atoms with Crippen molar-refractivity contribution in [2.75, 3.05) is 49.1 Å². The summed E-state index contributed by atoms with van der Waals surface area (Å²) >= 11 is 0. The molecule has 1 aliphatic rings. The summed E-state index contributed by atoms with van der Waals surface area (Å²) in [5.41, 5.74) is 1.92. The first-order valence-corrected chi connectivity index (χ1v) is 9.41. The fraction of sp³-hybridized carbons (Fsp3) is 0.381. The summed E-state index contributed by atoms with van der Waals surface area (Å²) in [6.45, 7) is 5.81. The minimum Gasteiger partial charge on any atom is -0.491 e. The van der Waals surface area contributed by atoms with E-state index in [9.17, 15) is 9.18 Å². The van der Waals surface area contributed by atoms with Crippen LogP contribution in [0.4, 0.5) is 15.8 Å². The zero-order valence-corrected chi connectivity index (χ0v) is 15.7. The van der Waals surface area contributed by atoms with E-state index in [-0.39, 0.29) is 11.7 Å². The van der Waals surface area contributed by atoms with Gasteiger partial charge in [-0.1, -0.05) is 12.1 Å². The van der Waals surface area contributed by atoms with Crippen molar-refractivity contribution in [1.29, 1.82) is 0 Å². The van der Waals surface area contributed by atoms with Gasteiger partial charge in [0.2, 0.25) is 5.91 Å². The van der Waals surface area contributed by atoms with Crippen LogP contribution in [0, 0.1) is 5.82 Å². The monoisotopic (exact) mass is 371 g/mol. The van der Waals surface area contributed by atoms with Gasteiger partial charge in [-0.25, -0.2) is 4.39 Å². The molecule has 0 radical (unpaired) electrons. The van der Waals surface area contributed by atoms with Crippen molar-refractivity contribution in [2.45, 2.75) is 13.3 Å². The van der Waals surface area contributed by atoms with Gasteiger partial charge in [0.25, 0.3) is 0 Å². The third kappa shape index (κ3) is 5.12. The lowest BCUT2D eigenvalue weighted by Crippen LogP contribution is -2.41. The average molecular weight is 371 g/mol. The zero-order valence-electron chi connectivity index (χ0n) is 15.7. The molecule has 0 atom stereocenters. The number of likely N-dealkylation sites (N-methyl/N-ethyl adjacent to an activating group) is 1. The average Bonchev–Trinajstić information content (AvgIpc) is 2.89. The van der Waals surface area contributed by atoms with Crippen molar-refractivity contribution in [3.63, 3.8) is 0 Å². The second-order valence-electron chi connectivity index (χ2n) is 6.50. The molecule has 0 unspecified atom stereocenters. The number of nitrogens with one attached hydrogen (secondary N) is 1. The minimum absolute atomic E-state index is 0.0122. The van der Waals surface area contributed by atoms with Gasteiger partial charge >= 0.3 is 0 Å². The second-order valence-corrected chi connectivity index (χ2v) is 6.50. The molecule has 0 bridgehead atoms. The number of anilines is 2. The van der Waals surface area contributed by atoms with Gasteiger partial charge in [0, 0.05) is 31.9 Å². The van der Waals surface area contributed by atoms with E-state index < -0.39 is 0 Å². The van der Waals surface area contributed by atoms with Gasteiger partial charge in [-0.05, 0) is 49.7 Å². The van der Waals surface area contributed by atoms with E-state index in [2.05, 4.69) is 15.1 Å². The number of carbonyl (C=O) groups excluding carboxylic acids is 1. The lowest BCUT2D eigenvalue weighted by molar-refractivity contribution is -0.119. The largest absolute Gasteiger partial charge is 0.491 e. The van der Waals surface area contributed by atoms with E-state index in [1.54, 1.807) is 12.1 Å². The number of carbonyl (C=O) groups is 1. The van der Waals surface area contributed by atoms with Crippen LogP contribution in [-0.2, 0) is 4.79 Å². The summed E-state index contributed by atoms with van der Waals surface area (Å²) in [5.74, 6) is 0.572. The number of amides is 1. The summed E-state index contributed by atoms with van der Waals surface area (Å²) in [6, 6.07) is 14.3. The number of nitrogens with zero attached hydrogens (tertiary/aromatic N) is 2. The molecule has 0 saturated carbocycles. The lowest BCUT2D eigenvalue weighted by atomic mass is 10.2. The molecule has 3 rings (SSSR count). The molecule has 2 aromatic carbocycles. The van der Waals surface area contributed by atoms with Crippen LogP contribution in [0.1, 0.15) is 13.3 Å². The first-order valence-electron chi connectivity index (χ1n) is 9.41. The predicted molar refractivity (Wildman–Crippen MR) is 106 cm³/mol. The number of fused-ring (bicyclic) bond motifs is 1. The third-order valence-electron chi connectivity index (χ3n) is 4.65. The van der Waals surface area contributed by atoms with E-state index in [4.69, 9.17) is 4.74 Å². The second kappa shape index (κ2) is 9.26. The Labute approximate surface area is 159 Å². The van der Waals surface area contributed by atoms with E-state index in [0.717, 1.165) is 36.6 Å². The van der Waals surface area contributed by atoms with Crippen molar-refractivity contribution >= 4 is 17.3 Å². The number of benzene rings is 2. The molecule has 144 valence electrons. The van der Waals surface area contributed by atoms with Crippen molar-refractivity contribution in [1.82, 2.24) is 5.32 Å². The summed E-state index contributed by atoms with van der Waals surface area (Å²) in [6.07, 6.45) is 0.885. The van der Waals surface area contributed by atoms with Crippen molar-refractivity contribution in [2.24, 2.45) is 0 Å². The summed E-state index contributed by atoms with van der Waals surface area (Å²) < 4.78 is 18.8. The summed E-state index contributed by atoms with van der Waals surface area (Å²) in [7, 11) is 0. The number of halogens is 1. The Morgan fingerprint density at radius 2 is 2.00 bits per heavy atom. The Bertz CT molecular complexity index is 751. The van der Waals surface area contributed by atoms with Gasteiger partial charge in [0.15, 0.2) is 0 Å². The maximum Gasteiger partial charge on any atom is 0.239 e. The highest BCUT2D eigenvalue weighted by Gasteiger charge is 2.18. The number of ether oxygens (including phenoxy) is 1. The smallest absolute Gasteiger partial charge is 0.239 e. The van der Waals surface area contributed by atoms with Gasteiger partial charge < -0.3 is 19.9 Å². The predicted octanol–water partition coefficient (Wildman–Crippen LogP) is 3.06. The van der Waals surface area contributed by atoms with Crippen LogP contribution in [0.3, 0.4) is 0 Å². The Kier molecular flexibility index (Phi) is 6.52. The molecule has 27 heavy (non-hydrogen) atoms. The molecule has 0 aliphatic carbocycles. The molecule has 1 aliphatic heterocycles. The number of hydrogen-bond donors (Lipinski definition) is 1. The Morgan fingerprint density at radius 1 is 1.22 bits per heavy atom. The SMILES string of the molecule is CCN(CCNC(=O)CN1CCCOc2ccccc21)c1ccc(F)cc1. The maximum atomic E-state index is 13.1. The molecule has 0 saturated heterocycles. The van der Waals surface area contributed by atoms with Crippen molar-refractivity contribution in [3.05, 3.63) is 54.3 Å². The molecule has 2 aromatic rings. The Balaban J connectivity index is 1.51. The molecule has 1 amide bonds. The zero-order chi connectivity index (χ0) is 19.1. The fourth-order valence-corrected chi connectivity index (χ4v) is 3.24. The van der Waals surface area contributed by atoms with Gasteiger partial charge in [-0.2, -0.15) is 0 Å². The van der Waals surface area contributed by atoms with Crippen molar-refractivity contribution in [3.8, 4) is 5.75 Å². The van der Waals surface area contributed by atoms with Gasteiger partial charge in [0.1, 0.15) is 11.6 Å². The standard InChI is InChI=1S/C21H26FN3O2/c1-2-24(18-10-8-17(22)9-11-18)14-12-23-21(26)16-25-13-5-15-27-20-7-4-3-6-19(20)25/h3-4,6-11H,2,5,12-16H2,1H3,(H,23,26). The normalized spacial score (nSPS) is 13.3. The van der Waals surface area contributed by atoms with Crippen LogP contribution in [0.25, 0.3) is 0 Å². The van der Waals surface area contributed by atoms with Gasteiger partial charge in [-0.3, -0.25) is 4.79 Å². The van der Waals surface area contributed by atoms with Crippen LogP contribution >= 0.6 is 0 Å². The third-order valence-corrected chi connectivity index (χ3v) is 4.65. The topological polar surface area (TPSA) is 44.8 Å². The van der Waals surface area contributed by atoms with E-state index in [1.165, 1.54) is 12.1 Å². The molecule has 0 fully saturated rings. The van der Waals surface area contributed by atoms with Gasteiger partial charge in [0.05, 0.1) is 18.8 Å². The minimum atomic E-state index is -0.246. The lowest BCUT2D eigenvalue weighted by Gasteiger charge is -2.25. The van der Waals surface area contributed by atoms with E-state index >= 15 is 0 Å². The van der Waals surface area contributed by atoms with Crippen molar-refractivity contribution < 1.29 is 13.9 Å². The first-order chi connectivity index (χ1) is 13.2. The molecule has 6 heteroatoms. The Hall–Kier alpha value is -2.76. The van der Waals surface area contributed by atoms with Crippen LogP contribution in [0.5, 0.6) is 5.75 Å².